The number of benzene rings is 2. The molecule has 0 radical (unpaired) electrons. The van der Waals surface area contributed by atoms with Crippen LogP contribution in [0.15, 0.2) is 60.9 Å². The number of hydrogen-bond acceptors (Lipinski definition) is 3. The smallest absolute Gasteiger partial charge is 0.257 e. The zero-order valence-corrected chi connectivity index (χ0v) is 16.6. The van der Waals surface area contributed by atoms with Crippen LogP contribution in [0, 0.1) is 0 Å². The lowest BCUT2D eigenvalue weighted by molar-refractivity contribution is 0.0785. The molecule has 6 heteroatoms. The molecule has 1 aromatic heterocycles. The maximum atomic E-state index is 12.9. The van der Waals surface area contributed by atoms with Crippen LogP contribution >= 0.6 is 11.6 Å². The molecule has 1 aliphatic heterocycles. The Hall–Kier alpha value is -2.79. The Morgan fingerprint density at radius 3 is 2.57 bits per heavy atom. The summed E-state index contributed by atoms with van der Waals surface area (Å²) in [6.45, 7) is 2.74. The summed E-state index contributed by atoms with van der Waals surface area (Å²) < 4.78 is 1.69. The molecule has 144 valence electrons. The van der Waals surface area contributed by atoms with Crippen molar-refractivity contribution in [1.29, 1.82) is 0 Å². The van der Waals surface area contributed by atoms with Crippen molar-refractivity contribution in [1.82, 2.24) is 14.7 Å². The van der Waals surface area contributed by atoms with E-state index in [1.165, 1.54) is 24.1 Å². The van der Waals surface area contributed by atoms with Crippen LogP contribution in [0.2, 0.25) is 5.02 Å². The van der Waals surface area contributed by atoms with E-state index in [4.69, 9.17) is 11.6 Å². The van der Waals surface area contributed by atoms with Gasteiger partial charge in [0.15, 0.2) is 0 Å². The fraction of sp³-hybridized carbons (Fsp3) is 0.273. The van der Waals surface area contributed by atoms with Gasteiger partial charge in [0.05, 0.1) is 17.4 Å². The maximum Gasteiger partial charge on any atom is 0.257 e. The van der Waals surface area contributed by atoms with Crippen molar-refractivity contribution in [3.05, 3.63) is 77.1 Å². The zero-order valence-electron chi connectivity index (χ0n) is 15.9. The predicted molar refractivity (Wildman–Crippen MR) is 112 cm³/mol. The molecule has 1 saturated heterocycles. The summed E-state index contributed by atoms with van der Waals surface area (Å²) in [5.41, 5.74) is 3.84. The number of carbonyl (C=O) groups is 1. The fourth-order valence-corrected chi connectivity index (χ4v) is 3.75. The molecule has 2 aromatic carbocycles. The van der Waals surface area contributed by atoms with Gasteiger partial charge < -0.3 is 9.80 Å². The Balaban J connectivity index is 1.49. The lowest BCUT2D eigenvalue weighted by Crippen LogP contribution is -2.27. The molecule has 3 aromatic rings. The molecule has 0 atom stereocenters. The van der Waals surface area contributed by atoms with E-state index in [0.29, 0.717) is 17.1 Å². The summed E-state index contributed by atoms with van der Waals surface area (Å²) in [6, 6.07) is 15.7. The van der Waals surface area contributed by atoms with Crippen LogP contribution in [0.3, 0.4) is 0 Å². The maximum absolute atomic E-state index is 12.9. The standard InChI is InChI=1S/C22H23ClN4O/c1-25(15-17-6-2-3-7-21(17)26-12-4-5-13-26)22(28)18-14-24-27(16-18)20-10-8-19(23)9-11-20/h2-3,6-11,14,16H,4-5,12-13,15H2,1H3. The minimum Gasteiger partial charge on any atom is -0.371 e. The zero-order chi connectivity index (χ0) is 19.5. The molecular formula is C22H23ClN4O. The van der Waals surface area contributed by atoms with Crippen LogP contribution in [0.5, 0.6) is 0 Å². The normalized spacial score (nSPS) is 13.7. The molecule has 0 bridgehead atoms. The van der Waals surface area contributed by atoms with Gasteiger partial charge in [-0.3, -0.25) is 4.79 Å². The number of anilines is 1. The molecule has 1 amide bonds. The highest BCUT2D eigenvalue weighted by Gasteiger charge is 2.19. The van der Waals surface area contributed by atoms with Crippen LogP contribution < -0.4 is 4.90 Å². The highest BCUT2D eigenvalue weighted by molar-refractivity contribution is 6.30. The minimum absolute atomic E-state index is 0.0450. The number of carbonyl (C=O) groups excluding carboxylic acids is 1. The van der Waals surface area contributed by atoms with E-state index >= 15 is 0 Å². The highest BCUT2D eigenvalue weighted by atomic mass is 35.5. The molecule has 5 nitrogen and oxygen atoms in total. The van der Waals surface area contributed by atoms with E-state index in [0.717, 1.165) is 18.8 Å². The largest absolute Gasteiger partial charge is 0.371 e. The Labute approximate surface area is 170 Å². The van der Waals surface area contributed by atoms with Gasteiger partial charge in [0.1, 0.15) is 0 Å². The number of hydrogen-bond donors (Lipinski definition) is 0. The van der Waals surface area contributed by atoms with E-state index in [2.05, 4.69) is 28.2 Å². The molecule has 0 saturated carbocycles. The van der Waals surface area contributed by atoms with Crippen molar-refractivity contribution in [3.8, 4) is 5.69 Å². The van der Waals surface area contributed by atoms with Gasteiger partial charge in [0, 0.05) is 43.6 Å². The monoisotopic (exact) mass is 394 g/mol. The van der Waals surface area contributed by atoms with Gasteiger partial charge in [-0.15, -0.1) is 0 Å². The van der Waals surface area contributed by atoms with E-state index in [1.54, 1.807) is 22.0 Å². The van der Waals surface area contributed by atoms with Gasteiger partial charge in [-0.25, -0.2) is 4.68 Å². The Bertz CT molecular complexity index is 961. The lowest BCUT2D eigenvalue weighted by Gasteiger charge is -2.24. The number of nitrogens with zero attached hydrogens (tertiary/aromatic N) is 4. The minimum atomic E-state index is -0.0450. The average Bonchev–Trinajstić information content (AvgIpc) is 3.41. The number of halogens is 1. The third-order valence-corrected chi connectivity index (χ3v) is 5.37. The number of amides is 1. The van der Waals surface area contributed by atoms with Crippen molar-refractivity contribution < 1.29 is 4.79 Å². The van der Waals surface area contributed by atoms with Crippen molar-refractivity contribution in [2.75, 3.05) is 25.0 Å². The summed E-state index contributed by atoms with van der Waals surface area (Å²) in [4.78, 5) is 17.1. The summed E-state index contributed by atoms with van der Waals surface area (Å²) in [7, 11) is 1.84. The Kier molecular flexibility index (Phi) is 5.35. The quantitative estimate of drug-likeness (QED) is 0.644. The van der Waals surface area contributed by atoms with Crippen molar-refractivity contribution >= 4 is 23.2 Å². The topological polar surface area (TPSA) is 41.4 Å². The van der Waals surface area contributed by atoms with Crippen LogP contribution in [-0.4, -0.2) is 40.7 Å². The number of para-hydroxylation sites is 1. The Morgan fingerprint density at radius 1 is 1.11 bits per heavy atom. The van der Waals surface area contributed by atoms with Gasteiger partial charge in [-0.05, 0) is 48.7 Å². The average molecular weight is 395 g/mol. The highest BCUT2D eigenvalue weighted by Crippen LogP contribution is 2.25. The summed E-state index contributed by atoms with van der Waals surface area (Å²) >= 11 is 5.94. The first-order valence-electron chi connectivity index (χ1n) is 9.51. The fourth-order valence-electron chi connectivity index (χ4n) is 3.63. The summed E-state index contributed by atoms with van der Waals surface area (Å²) in [5, 5.41) is 5.00. The number of aromatic nitrogens is 2. The van der Waals surface area contributed by atoms with E-state index in [-0.39, 0.29) is 5.91 Å². The van der Waals surface area contributed by atoms with Crippen LogP contribution in [0.25, 0.3) is 5.69 Å². The van der Waals surface area contributed by atoms with E-state index < -0.39 is 0 Å². The van der Waals surface area contributed by atoms with Gasteiger partial charge in [0.25, 0.3) is 5.91 Å². The van der Waals surface area contributed by atoms with Crippen molar-refractivity contribution in [2.24, 2.45) is 0 Å². The molecular weight excluding hydrogens is 372 g/mol. The van der Waals surface area contributed by atoms with E-state index in [1.807, 2.05) is 37.4 Å². The molecule has 0 spiro atoms. The van der Waals surface area contributed by atoms with Crippen LogP contribution in [-0.2, 0) is 6.54 Å². The number of rotatable bonds is 5. The second-order valence-corrected chi connectivity index (χ2v) is 7.57. The molecule has 0 aliphatic carbocycles. The van der Waals surface area contributed by atoms with Gasteiger partial charge >= 0.3 is 0 Å². The molecule has 1 fully saturated rings. The predicted octanol–water partition coefficient (Wildman–Crippen LogP) is 4.40. The third kappa shape index (κ3) is 3.90. The molecule has 0 unspecified atom stereocenters. The van der Waals surface area contributed by atoms with E-state index in [9.17, 15) is 4.79 Å². The second-order valence-electron chi connectivity index (χ2n) is 7.13. The molecule has 1 aliphatic rings. The molecule has 28 heavy (non-hydrogen) atoms. The first kappa shape index (κ1) is 18.6. The first-order valence-corrected chi connectivity index (χ1v) is 9.88. The second kappa shape index (κ2) is 8.07. The molecule has 2 heterocycles. The summed E-state index contributed by atoms with van der Waals surface area (Å²) in [5.74, 6) is -0.0450. The molecule has 0 N–H and O–H groups in total. The van der Waals surface area contributed by atoms with Crippen LogP contribution in [0.1, 0.15) is 28.8 Å². The molecule has 4 rings (SSSR count). The van der Waals surface area contributed by atoms with Crippen LogP contribution in [0.4, 0.5) is 5.69 Å². The Morgan fingerprint density at radius 2 is 1.82 bits per heavy atom. The first-order chi connectivity index (χ1) is 13.6. The SMILES string of the molecule is CN(Cc1ccccc1N1CCCC1)C(=O)c1cnn(-c2ccc(Cl)cc2)c1. The van der Waals surface area contributed by atoms with Gasteiger partial charge in [0.2, 0.25) is 0 Å². The third-order valence-electron chi connectivity index (χ3n) is 5.11. The lowest BCUT2D eigenvalue weighted by atomic mass is 10.1. The van der Waals surface area contributed by atoms with Gasteiger partial charge in [-0.2, -0.15) is 5.10 Å². The van der Waals surface area contributed by atoms with Gasteiger partial charge in [-0.1, -0.05) is 29.8 Å². The van der Waals surface area contributed by atoms with Crippen molar-refractivity contribution in [2.45, 2.75) is 19.4 Å². The summed E-state index contributed by atoms with van der Waals surface area (Å²) in [6.07, 6.45) is 5.83. The van der Waals surface area contributed by atoms with Crippen molar-refractivity contribution in [3.63, 3.8) is 0 Å².